The van der Waals surface area contributed by atoms with Crippen LogP contribution in [-0.4, -0.2) is 78.6 Å². The van der Waals surface area contributed by atoms with E-state index in [0.717, 1.165) is 59.3 Å². The number of hydrogen-bond donors (Lipinski definition) is 2. The van der Waals surface area contributed by atoms with Crippen LogP contribution in [0.5, 0.6) is 11.5 Å². The fourth-order valence-electron chi connectivity index (χ4n) is 8.84. The number of hydrogen-bond acceptors (Lipinski definition) is 10. The van der Waals surface area contributed by atoms with Crippen molar-refractivity contribution < 1.29 is 32.3 Å². The molecule has 294 valence electrons. The summed E-state index contributed by atoms with van der Waals surface area (Å²) in [5.74, 6) is -1.36. The maximum absolute atomic E-state index is 14.4. The average Bonchev–Trinajstić information content (AvgIpc) is 4.06. The molecule has 1 aliphatic heterocycles. The predicted octanol–water partition coefficient (Wildman–Crippen LogP) is 6.18. The number of fused-ring (bicyclic) bond motifs is 3. The topological polar surface area (TPSA) is 157 Å². The van der Waals surface area contributed by atoms with E-state index in [4.69, 9.17) is 19.4 Å². The van der Waals surface area contributed by atoms with Crippen LogP contribution in [0.25, 0.3) is 22.3 Å². The molecule has 12 nitrogen and oxygen atoms in total. The summed E-state index contributed by atoms with van der Waals surface area (Å²) < 4.78 is 40.4. The maximum atomic E-state index is 14.4. The van der Waals surface area contributed by atoms with Crippen molar-refractivity contribution in [2.45, 2.75) is 113 Å². The monoisotopic (exact) mass is 789 g/mol. The smallest absolute Gasteiger partial charge is 0.259 e. The number of ether oxygens (including phenoxy) is 2. The van der Waals surface area contributed by atoms with Crippen LogP contribution in [0.15, 0.2) is 35.7 Å². The van der Waals surface area contributed by atoms with Gasteiger partial charge in [-0.15, -0.1) is 11.3 Å². The molecule has 0 radical (unpaired) electrons. The summed E-state index contributed by atoms with van der Waals surface area (Å²) in [4.78, 5) is 54.0. The van der Waals surface area contributed by atoms with Crippen molar-refractivity contribution in [1.82, 2.24) is 24.9 Å². The van der Waals surface area contributed by atoms with E-state index in [1.807, 2.05) is 37.3 Å². The van der Waals surface area contributed by atoms with E-state index in [1.54, 1.807) is 30.4 Å². The van der Waals surface area contributed by atoms with Gasteiger partial charge in [0.2, 0.25) is 21.8 Å². The highest BCUT2D eigenvalue weighted by molar-refractivity contribution is 7.91. The first-order valence-corrected chi connectivity index (χ1v) is 22.3. The van der Waals surface area contributed by atoms with E-state index in [9.17, 15) is 22.8 Å². The predicted molar refractivity (Wildman–Crippen MR) is 210 cm³/mol. The zero-order chi connectivity index (χ0) is 38.5. The number of allylic oxidation sites excluding steroid dienone is 1. The summed E-state index contributed by atoms with van der Waals surface area (Å²) in [5.41, 5.74) is 1.67. The Balaban J connectivity index is 1.10. The Morgan fingerprint density at radius 3 is 2.55 bits per heavy atom. The number of aryl methyl sites for hydroxylation is 1. The molecule has 4 fully saturated rings. The van der Waals surface area contributed by atoms with Gasteiger partial charge in [-0.1, -0.05) is 31.4 Å². The van der Waals surface area contributed by atoms with Gasteiger partial charge >= 0.3 is 0 Å². The quantitative estimate of drug-likeness (QED) is 0.255. The lowest BCUT2D eigenvalue weighted by Gasteiger charge is -2.26. The molecule has 4 saturated carbocycles. The first-order valence-electron chi connectivity index (χ1n) is 19.9. The van der Waals surface area contributed by atoms with Gasteiger partial charge in [-0.05, 0) is 83.3 Å². The van der Waals surface area contributed by atoms with E-state index in [-0.39, 0.29) is 18.2 Å². The zero-order valence-corrected chi connectivity index (χ0v) is 33.5. The molecular weight excluding hydrogens is 739 g/mol. The summed E-state index contributed by atoms with van der Waals surface area (Å²) in [5, 5.41) is 6.39. The van der Waals surface area contributed by atoms with Gasteiger partial charge in [0.1, 0.15) is 23.1 Å². The van der Waals surface area contributed by atoms with Gasteiger partial charge in [-0.2, -0.15) is 0 Å². The van der Waals surface area contributed by atoms with E-state index in [1.165, 1.54) is 19.3 Å². The van der Waals surface area contributed by atoms with Crippen LogP contribution in [0.3, 0.4) is 0 Å². The van der Waals surface area contributed by atoms with Gasteiger partial charge in [0.05, 0.1) is 46.1 Å². The van der Waals surface area contributed by atoms with Crippen LogP contribution in [-0.2, 0) is 24.4 Å². The number of aromatic nitrogens is 2. The number of carbonyl (C=O) groups excluding carboxylic acids is 3. The number of pyridine rings is 1. The number of rotatable bonds is 8. The molecule has 4 aliphatic carbocycles. The van der Waals surface area contributed by atoms with E-state index < -0.39 is 50.6 Å². The average molecular weight is 790 g/mol. The summed E-state index contributed by atoms with van der Waals surface area (Å²) in [6, 6.07) is 5.74. The SMILES string of the molecule is COc1ccc2c(O[C@H]3CC4C(=O)N(C)CCCC/C=C\[C@@H]5C[C@@]5(C(=O)NS(=O)(=O)C5CC5)NC(=O)[C@@H]4C3)cc(-c3csc(C4CCCCC4)n3)nc2c1C. The molecule has 3 heterocycles. The van der Waals surface area contributed by atoms with Crippen molar-refractivity contribution in [1.29, 1.82) is 0 Å². The second-order valence-electron chi connectivity index (χ2n) is 16.3. The third kappa shape index (κ3) is 7.60. The molecule has 1 aromatic carbocycles. The number of nitrogens with zero attached hydrogens (tertiary/aromatic N) is 3. The van der Waals surface area contributed by atoms with Crippen molar-refractivity contribution >= 4 is 50.0 Å². The van der Waals surface area contributed by atoms with Gasteiger partial charge in [0, 0.05) is 47.8 Å². The maximum Gasteiger partial charge on any atom is 0.259 e. The Kier molecular flexibility index (Phi) is 10.4. The van der Waals surface area contributed by atoms with Gasteiger partial charge in [0.15, 0.2) is 0 Å². The first kappa shape index (κ1) is 37.9. The Morgan fingerprint density at radius 2 is 1.78 bits per heavy atom. The lowest BCUT2D eigenvalue weighted by atomic mass is 9.90. The second kappa shape index (κ2) is 15.1. The molecule has 5 aliphatic rings. The molecule has 0 saturated heterocycles. The molecule has 0 spiro atoms. The van der Waals surface area contributed by atoms with Crippen LogP contribution < -0.4 is 19.5 Å². The van der Waals surface area contributed by atoms with Crippen molar-refractivity contribution in [2.24, 2.45) is 17.8 Å². The van der Waals surface area contributed by atoms with Gasteiger partial charge in [0.25, 0.3) is 5.91 Å². The number of amides is 3. The highest BCUT2D eigenvalue weighted by Gasteiger charge is 2.62. The molecule has 2 N–H and O–H groups in total. The van der Waals surface area contributed by atoms with Crippen LogP contribution in [0.2, 0.25) is 0 Å². The van der Waals surface area contributed by atoms with Crippen LogP contribution in [0.4, 0.5) is 0 Å². The highest BCUT2D eigenvalue weighted by Crippen LogP contribution is 2.47. The van der Waals surface area contributed by atoms with Crippen molar-refractivity contribution in [3.63, 3.8) is 0 Å². The fourth-order valence-corrected chi connectivity index (χ4v) is 11.2. The molecule has 5 atom stereocenters. The van der Waals surface area contributed by atoms with Gasteiger partial charge < -0.3 is 19.7 Å². The van der Waals surface area contributed by atoms with Crippen molar-refractivity contribution in [3.8, 4) is 22.9 Å². The molecule has 1 unspecified atom stereocenters. The minimum absolute atomic E-state index is 0.139. The third-order valence-electron chi connectivity index (χ3n) is 12.4. The summed E-state index contributed by atoms with van der Waals surface area (Å²) in [6.07, 6.45) is 13.7. The molecule has 3 amide bonds. The number of sulfonamides is 1. The van der Waals surface area contributed by atoms with E-state index >= 15 is 0 Å². The minimum atomic E-state index is -3.83. The molecule has 2 aromatic heterocycles. The fraction of sp³-hybridized carbons (Fsp3) is 0.585. The largest absolute Gasteiger partial charge is 0.496 e. The van der Waals surface area contributed by atoms with Crippen LogP contribution in [0, 0.1) is 24.7 Å². The number of benzene rings is 1. The standard InChI is InChI=1S/C41H51N5O7S2/c1-24-34(52-3)17-16-29-35(21-32(42-36(24)29)33-23-54-38(43-33)25-11-7-6-8-12-25)53-27-19-30-31(20-27)39(48)46(2)18-10-5-4-9-13-26-22-41(26,44-37(30)47)40(49)45-55(50,51)28-14-15-28/h9,13,16-17,21,23,25-28,30-31H,4-8,10-12,14-15,18-20,22H2,1-3H3,(H,44,47)(H,45,49)/b13-9-/t26-,27-,30-,31?,41-/m1/s1. The number of methoxy groups -OCH3 is 1. The Morgan fingerprint density at radius 1 is 1.00 bits per heavy atom. The lowest BCUT2D eigenvalue weighted by molar-refractivity contribution is -0.140. The summed E-state index contributed by atoms with van der Waals surface area (Å²) in [7, 11) is -0.422. The minimum Gasteiger partial charge on any atom is -0.496 e. The molecule has 0 bridgehead atoms. The van der Waals surface area contributed by atoms with E-state index in [0.29, 0.717) is 55.3 Å². The number of nitrogens with one attached hydrogen (secondary N) is 2. The molecule has 14 heteroatoms. The Hall–Kier alpha value is -4.04. The second-order valence-corrected chi connectivity index (χ2v) is 19.1. The molecule has 55 heavy (non-hydrogen) atoms. The first-order chi connectivity index (χ1) is 26.5. The summed E-state index contributed by atoms with van der Waals surface area (Å²) >= 11 is 1.68. The lowest BCUT2D eigenvalue weighted by Crippen LogP contribution is -2.54. The number of thiazole rings is 1. The number of carbonyl (C=O) groups is 3. The Bertz CT molecular complexity index is 2130. The zero-order valence-electron chi connectivity index (χ0n) is 31.8. The van der Waals surface area contributed by atoms with Crippen LogP contribution >= 0.6 is 11.3 Å². The molecular formula is C41H51N5O7S2. The van der Waals surface area contributed by atoms with Crippen molar-refractivity contribution in [2.75, 3.05) is 20.7 Å². The van der Waals surface area contributed by atoms with Crippen molar-refractivity contribution in [3.05, 3.63) is 46.3 Å². The van der Waals surface area contributed by atoms with E-state index in [2.05, 4.69) is 15.4 Å². The third-order valence-corrected chi connectivity index (χ3v) is 15.2. The van der Waals surface area contributed by atoms with Crippen LogP contribution in [0.1, 0.15) is 100.0 Å². The van der Waals surface area contributed by atoms with Gasteiger partial charge in [-0.3, -0.25) is 19.1 Å². The molecule has 3 aromatic rings. The molecule has 8 rings (SSSR count). The van der Waals surface area contributed by atoms with Gasteiger partial charge in [-0.25, -0.2) is 18.4 Å². The normalized spacial score (nSPS) is 28.5. The highest BCUT2D eigenvalue weighted by atomic mass is 32.2. The Labute approximate surface area is 326 Å². The summed E-state index contributed by atoms with van der Waals surface area (Å²) in [6.45, 7) is 2.53.